The van der Waals surface area contributed by atoms with Crippen molar-refractivity contribution < 1.29 is 28.1 Å². The highest BCUT2D eigenvalue weighted by Gasteiger charge is 2.17. The lowest BCUT2D eigenvalue weighted by molar-refractivity contribution is 0.0525. The van der Waals surface area contributed by atoms with E-state index in [0.29, 0.717) is 35.8 Å². The molecule has 0 bridgehead atoms. The van der Waals surface area contributed by atoms with Gasteiger partial charge < -0.3 is 19.7 Å². The van der Waals surface area contributed by atoms with Crippen molar-refractivity contribution in [3.05, 3.63) is 126 Å². The number of aromatic nitrogens is 1. The van der Waals surface area contributed by atoms with Crippen LogP contribution in [0.1, 0.15) is 22.8 Å². The van der Waals surface area contributed by atoms with E-state index < -0.39 is 16.1 Å². The summed E-state index contributed by atoms with van der Waals surface area (Å²) < 4.78 is 38.4. The first kappa shape index (κ1) is 31.0. The standard InChI is InChI=1S/C34H35N3O6S/c1-44(40,41)36-32-20-28(13-16-34(32)42-23-26-7-3-2-4-8-26)33(39)22-37(24-38)18-17-25-11-14-29(15-12-25)43-30-19-27-9-5-6-10-31(27)35-21-30/h2-16,19-21,33,36,38-39H,17-18,22-24H2,1H3. The minimum Gasteiger partial charge on any atom is -0.487 e. The fourth-order valence-corrected chi connectivity index (χ4v) is 5.28. The lowest BCUT2D eigenvalue weighted by Gasteiger charge is -2.24. The Balaban J connectivity index is 1.18. The molecular formula is C34H35N3O6S. The first-order chi connectivity index (χ1) is 21.3. The molecule has 10 heteroatoms. The van der Waals surface area contributed by atoms with E-state index in [1.807, 2.05) is 84.9 Å². The quantitative estimate of drug-likeness (QED) is 0.140. The van der Waals surface area contributed by atoms with Crippen LogP contribution in [-0.2, 0) is 23.1 Å². The number of rotatable bonds is 14. The van der Waals surface area contributed by atoms with Crippen LogP contribution < -0.4 is 14.2 Å². The van der Waals surface area contributed by atoms with Gasteiger partial charge in [0, 0.05) is 18.5 Å². The maximum atomic E-state index is 12.0. The van der Waals surface area contributed by atoms with Crippen molar-refractivity contribution >= 4 is 26.6 Å². The van der Waals surface area contributed by atoms with E-state index in [9.17, 15) is 18.6 Å². The minimum atomic E-state index is -3.60. The number of hydrogen-bond donors (Lipinski definition) is 3. The molecule has 0 fully saturated rings. The number of benzene rings is 4. The second kappa shape index (κ2) is 14.3. The number of aliphatic hydroxyl groups excluding tert-OH is 2. The van der Waals surface area contributed by atoms with Crippen LogP contribution in [0, 0.1) is 0 Å². The van der Waals surface area contributed by atoms with Crippen molar-refractivity contribution in [2.75, 3.05) is 30.8 Å². The van der Waals surface area contributed by atoms with E-state index in [1.165, 1.54) is 0 Å². The third-order valence-electron chi connectivity index (χ3n) is 6.99. The van der Waals surface area contributed by atoms with E-state index in [4.69, 9.17) is 9.47 Å². The normalized spacial score (nSPS) is 12.3. The Bertz CT molecular complexity index is 1780. The number of nitrogens with zero attached hydrogens (tertiary/aromatic N) is 2. The molecule has 0 aliphatic carbocycles. The van der Waals surface area contributed by atoms with E-state index in [0.717, 1.165) is 28.3 Å². The summed E-state index contributed by atoms with van der Waals surface area (Å²) in [6.45, 7) is 0.650. The van der Waals surface area contributed by atoms with Crippen LogP contribution in [0.2, 0.25) is 0 Å². The highest BCUT2D eigenvalue weighted by Crippen LogP contribution is 2.30. The largest absolute Gasteiger partial charge is 0.487 e. The molecule has 0 spiro atoms. The van der Waals surface area contributed by atoms with E-state index in [2.05, 4.69) is 9.71 Å². The topological polar surface area (TPSA) is 121 Å². The van der Waals surface area contributed by atoms with Gasteiger partial charge in [-0.1, -0.05) is 66.7 Å². The molecule has 1 heterocycles. The van der Waals surface area contributed by atoms with Gasteiger partial charge in [0.25, 0.3) is 0 Å². The second-order valence-electron chi connectivity index (χ2n) is 10.5. The molecule has 44 heavy (non-hydrogen) atoms. The maximum absolute atomic E-state index is 12.0. The number of para-hydroxylation sites is 1. The van der Waals surface area contributed by atoms with Gasteiger partial charge in [0.15, 0.2) is 0 Å². The number of aliphatic hydroxyl groups is 2. The second-order valence-corrected chi connectivity index (χ2v) is 12.2. The summed E-state index contributed by atoms with van der Waals surface area (Å²) in [7, 11) is -3.60. The number of sulfonamides is 1. The maximum Gasteiger partial charge on any atom is 0.229 e. The molecule has 4 aromatic carbocycles. The fourth-order valence-electron chi connectivity index (χ4n) is 4.72. The molecule has 3 N–H and O–H groups in total. The molecule has 0 saturated heterocycles. The molecule has 9 nitrogen and oxygen atoms in total. The smallest absolute Gasteiger partial charge is 0.229 e. The number of nitrogens with one attached hydrogen (secondary N) is 1. The summed E-state index contributed by atoms with van der Waals surface area (Å²) in [4.78, 5) is 6.15. The third kappa shape index (κ3) is 8.77. The van der Waals surface area contributed by atoms with Crippen LogP contribution >= 0.6 is 0 Å². The number of fused-ring (bicyclic) bond motifs is 1. The van der Waals surface area contributed by atoms with Crippen LogP contribution in [0.4, 0.5) is 5.69 Å². The van der Waals surface area contributed by atoms with Crippen LogP contribution in [0.15, 0.2) is 109 Å². The molecule has 0 saturated carbocycles. The van der Waals surface area contributed by atoms with Crippen molar-refractivity contribution in [3.8, 4) is 17.2 Å². The Morgan fingerprint density at radius 2 is 1.64 bits per heavy atom. The zero-order chi connectivity index (χ0) is 30.9. The zero-order valence-electron chi connectivity index (χ0n) is 24.3. The molecule has 0 aliphatic rings. The highest BCUT2D eigenvalue weighted by molar-refractivity contribution is 7.92. The fraction of sp³-hybridized carbons (Fsp3) is 0.206. The third-order valence-corrected chi connectivity index (χ3v) is 7.58. The molecular weight excluding hydrogens is 578 g/mol. The van der Waals surface area contributed by atoms with Gasteiger partial charge in [-0.25, -0.2) is 8.42 Å². The van der Waals surface area contributed by atoms with Gasteiger partial charge in [0.1, 0.15) is 23.9 Å². The Kier molecular flexibility index (Phi) is 10.1. The summed E-state index contributed by atoms with van der Waals surface area (Å²) in [6, 6.07) is 31.9. The van der Waals surface area contributed by atoms with Crippen LogP contribution in [0.5, 0.6) is 17.2 Å². The van der Waals surface area contributed by atoms with Crippen LogP contribution in [-0.4, -0.2) is 54.6 Å². The SMILES string of the molecule is CS(=O)(=O)Nc1cc(C(O)CN(CO)CCc2ccc(Oc3cnc4ccccc4c3)cc2)ccc1OCc1ccccc1. The highest BCUT2D eigenvalue weighted by atomic mass is 32.2. The Labute approximate surface area is 257 Å². The van der Waals surface area contributed by atoms with Crippen molar-refractivity contribution in [3.63, 3.8) is 0 Å². The first-order valence-electron chi connectivity index (χ1n) is 14.2. The van der Waals surface area contributed by atoms with Gasteiger partial charge in [-0.15, -0.1) is 0 Å². The zero-order valence-corrected chi connectivity index (χ0v) is 25.2. The summed E-state index contributed by atoms with van der Waals surface area (Å²) in [5, 5.41) is 22.0. The van der Waals surface area contributed by atoms with Gasteiger partial charge in [0.05, 0.1) is 36.5 Å². The lowest BCUT2D eigenvalue weighted by atomic mass is 10.1. The predicted octanol–water partition coefficient (Wildman–Crippen LogP) is 5.51. The molecule has 5 rings (SSSR count). The van der Waals surface area contributed by atoms with Crippen LogP contribution in [0.3, 0.4) is 0 Å². The molecule has 0 aliphatic heterocycles. The molecule has 1 atom stereocenters. The molecule has 1 aromatic heterocycles. The Morgan fingerprint density at radius 3 is 2.39 bits per heavy atom. The Morgan fingerprint density at radius 1 is 0.886 bits per heavy atom. The number of pyridine rings is 1. The number of hydrogen-bond acceptors (Lipinski definition) is 8. The number of anilines is 1. The summed E-state index contributed by atoms with van der Waals surface area (Å²) in [5.74, 6) is 1.69. The molecule has 0 amide bonds. The molecule has 0 radical (unpaired) electrons. The average molecular weight is 614 g/mol. The van der Waals surface area contributed by atoms with Crippen molar-refractivity contribution in [2.45, 2.75) is 19.1 Å². The van der Waals surface area contributed by atoms with Gasteiger partial charge in [-0.05, 0) is 59.5 Å². The van der Waals surface area contributed by atoms with Gasteiger partial charge in [-0.3, -0.25) is 14.6 Å². The Hall–Kier alpha value is -4.48. The molecule has 5 aromatic rings. The minimum absolute atomic E-state index is 0.148. The average Bonchev–Trinajstić information content (AvgIpc) is 3.02. The van der Waals surface area contributed by atoms with Gasteiger partial charge in [-0.2, -0.15) is 0 Å². The summed E-state index contributed by atoms with van der Waals surface area (Å²) in [5.41, 5.74) is 3.61. The van der Waals surface area contributed by atoms with E-state index in [1.54, 1.807) is 29.3 Å². The van der Waals surface area contributed by atoms with E-state index in [-0.39, 0.29) is 25.6 Å². The van der Waals surface area contributed by atoms with Gasteiger partial charge in [0.2, 0.25) is 10.0 Å². The molecule has 228 valence electrons. The summed E-state index contributed by atoms with van der Waals surface area (Å²) >= 11 is 0. The van der Waals surface area contributed by atoms with Crippen LogP contribution in [0.25, 0.3) is 10.9 Å². The van der Waals surface area contributed by atoms with Crippen molar-refractivity contribution in [2.24, 2.45) is 0 Å². The summed E-state index contributed by atoms with van der Waals surface area (Å²) in [6.07, 6.45) is 2.42. The number of ether oxygens (including phenoxy) is 2. The van der Waals surface area contributed by atoms with E-state index >= 15 is 0 Å². The lowest BCUT2D eigenvalue weighted by Crippen LogP contribution is -2.31. The van der Waals surface area contributed by atoms with Crippen molar-refractivity contribution in [1.82, 2.24) is 9.88 Å². The predicted molar refractivity (Wildman–Crippen MR) is 171 cm³/mol. The first-order valence-corrected chi connectivity index (χ1v) is 16.1. The monoisotopic (exact) mass is 613 g/mol. The van der Waals surface area contributed by atoms with Crippen molar-refractivity contribution in [1.29, 1.82) is 0 Å². The molecule has 1 unspecified atom stereocenters. The van der Waals surface area contributed by atoms with Gasteiger partial charge >= 0.3 is 0 Å².